The van der Waals surface area contributed by atoms with Crippen molar-refractivity contribution in [3.8, 4) is 0 Å². The van der Waals surface area contributed by atoms with Gasteiger partial charge in [-0.1, -0.05) is 0 Å². The summed E-state index contributed by atoms with van der Waals surface area (Å²) >= 11 is 0. The highest BCUT2D eigenvalue weighted by molar-refractivity contribution is 6.27. The maximum Gasteiger partial charge on any atom is 0.414 e. The van der Waals surface area contributed by atoms with Crippen LogP contribution in [0.3, 0.4) is 0 Å². The Balaban J connectivity index is 0.000000366. The first kappa shape index (κ1) is 14.9. The molecule has 0 aliphatic rings. The van der Waals surface area contributed by atoms with E-state index in [0.29, 0.717) is 12.4 Å². The van der Waals surface area contributed by atoms with E-state index in [-0.39, 0.29) is 6.04 Å². The molecule has 1 aromatic rings. The molecule has 1 atom stereocenters. The monoisotopic (exact) mass is 242 g/mol. The lowest BCUT2D eigenvalue weighted by Gasteiger charge is -2.06. The molecule has 0 aliphatic heterocycles. The predicted octanol–water partition coefficient (Wildman–Crippen LogP) is -1.02. The first-order valence-corrected chi connectivity index (χ1v) is 4.67. The maximum absolute atomic E-state index is 9.10. The fraction of sp³-hybridized carbons (Fsp3) is 0.333. The van der Waals surface area contributed by atoms with Gasteiger partial charge < -0.3 is 21.7 Å². The zero-order valence-electron chi connectivity index (χ0n) is 8.98. The molecule has 8 heteroatoms. The Labute approximate surface area is 97.3 Å². The summed E-state index contributed by atoms with van der Waals surface area (Å²) < 4.78 is 0. The summed E-state index contributed by atoms with van der Waals surface area (Å²) in [6.45, 7) is 0.569. The van der Waals surface area contributed by atoms with Gasteiger partial charge in [0.25, 0.3) is 0 Å². The number of aliphatic carboxylic acids is 2. The van der Waals surface area contributed by atoms with Gasteiger partial charge in [-0.2, -0.15) is 0 Å². The van der Waals surface area contributed by atoms with Crippen LogP contribution in [0.1, 0.15) is 18.3 Å². The summed E-state index contributed by atoms with van der Waals surface area (Å²) in [5.74, 6) is -2.98. The number of carboxylic acid groups (broad SMARTS) is 2. The summed E-state index contributed by atoms with van der Waals surface area (Å²) in [7, 11) is 0. The van der Waals surface area contributed by atoms with Crippen molar-refractivity contribution in [1.82, 2.24) is 9.97 Å². The number of rotatable bonds is 3. The molecule has 1 rings (SSSR count). The normalized spacial score (nSPS) is 10.9. The smallest absolute Gasteiger partial charge is 0.414 e. The van der Waals surface area contributed by atoms with Gasteiger partial charge in [0.05, 0.1) is 6.04 Å². The number of carboxylic acids is 2. The number of nitrogens with zero attached hydrogens (tertiary/aromatic N) is 2. The standard InChI is InChI=1S/C7H12N4.C2H2O4/c8-3-2-6(9)7-10-4-1-5-11-7;3-1(4)2(5)6/h1,4-6H,2-3,8-9H2;(H,3,4)(H,5,6). The molecule has 0 fully saturated rings. The lowest BCUT2D eigenvalue weighted by Crippen LogP contribution is -2.17. The van der Waals surface area contributed by atoms with Gasteiger partial charge in [-0.15, -0.1) is 0 Å². The zero-order valence-corrected chi connectivity index (χ0v) is 8.98. The molecule has 0 spiro atoms. The largest absolute Gasteiger partial charge is 0.473 e. The minimum absolute atomic E-state index is 0.124. The third-order valence-electron chi connectivity index (χ3n) is 1.58. The maximum atomic E-state index is 9.10. The van der Waals surface area contributed by atoms with Gasteiger partial charge in [-0.25, -0.2) is 19.6 Å². The molecular weight excluding hydrogens is 228 g/mol. The second-order valence-corrected chi connectivity index (χ2v) is 2.90. The number of nitrogens with two attached hydrogens (primary N) is 2. The molecule has 1 unspecified atom stereocenters. The van der Waals surface area contributed by atoms with E-state index in [1.807, 2.05) is 0 Å². The lowest BCUT2D eigenvalue weighted by molar-refractivity contribution is -0.159. The van der Waals surface area contributed by atoms with Crippen LogP contribution in [0.5, 0.6) is 0 Å². The number of aromatic nitrogens is 2. The SMILES string of the molecule is NCCC(N)c1ncccn1.O=C(O)C(=O)O. The molecule has 0 aliphatic carbocycles. The van der Waals surface area contributed by atoms with E-state index < -0.39 is 11.9 Å². The molecule has 17 heavy (non-hydrogen) atoms. The van der Waals surface area contributed by atoms with E-state index in [0.717, 1.165) is 6.42 Å². The molecule has 0 saturated heterocycles. The predicted molar refractivity (Wildman–Crippen MR) is 57.9 cm³/mol. The van der Waals surface area contributed by atoms with Crippen molar-refractivity contribution in [2.45, 2.75) is 12.5 Å². The Bertz CT molecular complexity index is 345. The van der Waals surface area contributed by atoms with E-state index in [1.54, 1.807) is 18.5 Å². The average Bonchev–Trinajstić information content (AvgIpc) is 2.31. The van der Waals surface area contributed by atoms with Crippen LogP contribution in [0.15, 0.2) is 18.5 Å². The zero-order chi connectivity index (χ0) is 13.3. The van der Waals surface area contributed by atoms with Crippen molar-refractivity contribution in [3.63, 3.8) is 0 Å². The lowest BCUT2D eigenvalue weighted by atomic mass is 10.2. The van der Waals surface area contributed by atoms with Crippen LogP contribution < -0.4 is 11.5 Å². The Morgan fingerprint density at radius 1 is 1.24 bits per heavy atom. The van der Waals surface area contributed by atoms with Gasteiger partial charge in [0, 0.05) is 12.4 Å². The van der Waals surface area contributed by atoms with Crippen molar-refractivity contribution in [2.24, 2.45) is 11.5 Å². The van der Waals surface area contributed by atoms with E-state index in [1.165, 1.54) is 0 Å². The summed E-state index contributed by atoms with van der Waals surface area (Å²) in [6, 6.07) is 1.64. The van der Waals surface area contributed by atoms with Crippen LogP contribution >= 0.6 is 0 Å². The van der Waals surface area contributed by atoms with Crippen molar-refractivity contribution in [2.75, 3.05) is 6.54 Å². The van der Waals surface area contributed by atoms with Gasteiger partial charge in [-0.05, 0) is 19.0 Å². The van der Waals surface area contributed by atoms with E-state index in [2.05, 4.69) is 9.97 Å². The number of carbonyl (C=O) groups is 2. The highest BCUT2D eigenvalue weighted by Crippen LogP contribution is 2.04. The van der Waals surface area contributed by atoms with Crippen LogP contribution in [0.4, 0.5) is 0 Å². The number of hydrogen-bond acceptors (Lipinski definition) is 6. The Hall–Kier alpha value is -2.06. The molecule has 0 aromatic carbocycles. The third-order valence-corrected chi connectivity index (χ3v) is 1.58. The van der Waals surface area contributed by atoms with Crippen molar-refractivity contribution < 1.29 is 19.8 Å². The molecular formula is C9H14N4O4. The molecule has 0 amide bonds. The summed E-state index contributed by atoms with van der Waals surface area (Å²) in [5.41, 5.74) is 11.0. The van der Waals surface area contributed by atoms with Crippen molar-refractivity contribution in [3.05, 3.63) is 24.3 Å². The van der Waals surface area contributed by atoms with Crippen LogP contribution in [0.2, 0.25) is 0 Å². The molecule has 94 valence electrons. The fourth-order valence-electron chi connectivity index (χ4n) is 0.811. The van der Waals surface area contributed by atoms with Crippen molar-refractivity contribution in [1.29, 1.82) is 0 Å². The average molecular weight is 242 g/mol. The first-order valence-electron chi connectivity index (χ1n) is 4.67. The second-order valence-electron chi connectivity index (χ2n) is 2.90. The van der Waals surface area contributed by atoms with Gasteiger partial charge >= 0.3 is 11.9 Å². The Morgan fingerprint density at radius 2 is 1.71 bits per heavy atom. The van der Waals surface area contributed by atoms with Gasteiger partial charge in [0.1, 0.15) is 5.82 Å². The second kappa shape index (κ2) is 8.13. The topological polar surface area (TPSA) is 152 Å². The molecule has 6 N–H and O–H groups in total. The molecule has 1 aromatic heterocycles. The van der Waals surface area contributed by atoms with Gasteiger partial charge in [0.15, 0.2) is 0 Å². The van der Waals surface area contributed by atoms with E-state index >= 15 is 0 Å². The van der Waals surface area contributed by atoms with Crippen LogP contribution in [-0.4, -0.2) is 38.7 Å². The highest BCUT2D eigenvalue weighted by atomic mass is 16.4. The Kier molecular flexibility index (Phi) is 7.15. The quantitative estimate of drug-likeness (QED) is 0.491. The van der Waals surface area contributed by atoms with Crippen LogP contribution in [0, 0.1) is 0 Å². The molecule has 0 bridgehead atoms. The summed E-state index contributed by atoms with van der Waals surface area (Å²) in [5, 5.41) is 14.8. The van der Waals surface area contributed by atoms with Gasteiger partial charge in [-0.3, -0.25) is 0 Å². The van der Waals surface area contributed by atoms with E-state index in [4.69, 9.17) is 31.3 Å². The highest BCUT2D eigenvalue weighted by Gasteiger charge is 2.05. The molecule has 8 nitrogen and oxygen atoms in total. The molecule has 0 radical (unpaired) electrons. The molecule has 1 heterocycles. The number of hydrogen-bond donors (Lipinski definition) is 4. The third kappa shape index (κ3) is 6.93. The first-order chi connectivity index (χ1) is 7.99. The van der Waals surface area contributed by atoms with Crippen LogP contribution in [0.25, 0.3) is 0 Å². The Morgan fingerprint density at radius 3 is 2.06 bits per heavy atom. The van der Waals surface area contributed by atoms with E-state index in [9.17, 15) is 0 Å². The van der Waals surface area contributed by atoms with Crippen LogP contribution in [-0.2, 0) is 9.59 Å². The minimum Gasteiger partial charge on any atom is -0.473 e. The van der Waals surface area contributed by atoms with Crippen molar-refractivity contribution >= 4 is 11.9 Å². The van der Waals surface area contributed by atoms with Gasteiger partial charge in [0.2, 0.25) is 0 Å². The minimum atomic E-state index is -1.82. The molecule has 0 saturated carbocycles. The fourth-order valence-corrected chi connectivity index (χ4v) is 0.811. The summed E-state index contributed by atoms with van der Waals surface area (Å²) in [4.78, 5) is 26.2. The summed E-state index contributed by atoms with van der Waals surface area (Å²) in [6.07, 6.45) is 4.08.